The summed E-state index contributed by atoms with van der Waals surface area (Å²) in [6.45, 7) is 1.84. The molecule has 0 atom stereocenters. The zero-order valence-corrected chi connectivity index (χ0v) is 10.0. The highest BCUT2D eigenvalue weighted by molar-refractivity contribution is 6.27. The maximum Gasteiger partial charge on any atom is 0.380 e. The van der Waals surface area contributed by atoms with Crippen LogP contribution < -0.4 is 4.40 Å². The molecule has 0 aliphatic heterocycles. The molecule has 2 aromatic rings. The fourth-order valence-corrected chi connectivity index (χ4v) is 1.77. The Bertz CT molecular complexity index is 560. The first-order valence-corrected chi connectivity index (χ1v) is 5.17. The molecule has 2 rings (SSSR count). The first-order valence-electron chi connectivity index (χ1n) is 4.42. The van der Waals surface area contributed by atoms with E-state index < -0.39 is 11.1 Å². The number of rotatable bonds is 1. The van der Waals surface area contributed by atoms with Crippen LogP contribution in [0.5, 0.6) is 0 Å². The second-order valence-electron chi connectivity index (χ2n) is 3.47. The minimum absolute atomic E-state index is 0.0449. The van der Waals surface area contributed by atoms with Crippen molar-refractivity contribution in [2.75, 3.05) is 0 Å². The molecule has 2 aromatic heterocycles. The highest BCUT2D eigenvalue weighted by atomic mass is 35.5. The standard InChI is InChI=1S/C9H8Cl2F2N3/c1-5-4-16-7(15(5)2)3-6(9(11,12)13)14-8(16)10/h3-4H,1-2H3/q+1. The number of fused-ring (bicyclic) bond motifs is 1. The van der Waals surface area contributed by atoms with Crippen LogP contribution in [0.1, 0.15) is 11.4 Å². The fourth-order valence-electron chi connectivity index (χ4n) is 1.45. The second-order valence-corrected chi connectivity index (χ2v) is 4.28. The third-order valence-corrected chi connectivity index (χ3v) is 2.86. The molecule has 0 saturated heterocycles. The minimum Gasteiger partial charge on any atom is -0.263 e. The van der Waals surface area contributed by atoms with E-state index in [0.29, 0.717) is 5.65 Å². The number of aromatic nitrogens is 3. The van der Waals surface area contributed by atoms with E-state index in [9.17, 15) is 8.78 Å². The first-order chi connectivity index (χ1) is 7.30. The Morgan fingerprint density at radius 1 is 1.50 bits per heavy atom. The van der Waals surface area contributed by atoms with Crippen LogP contribution in [0.2, 0.25) is 5.28 Å². The Morgan fingerprint density at radius 2 is 2.12 bits per heavy atom. The number of alkyl halides is 3. The van der Waals surface area contributed by atoms with Crippen molar-refractivity contribution in [2.24, 2.45) is 7.05 Å². The molecule has 0 radical (unpaired) electrons. The number of halogens is 4. The number of aryl methyl sites for hydroxylation is 2. The molecule has 86 valence electrons. The van der Waals surface area contributed by atoms with Crippen molar-refractivity contribution in [1.82, 2.24) is 9.55 Å². The lowest BCUT2D eigenvalue weighted by molar-refractivity contribution is -0.512. The summed E-state index contributed by atoms with van der Waals surface area (Å²) in [4.78, 5) is 3.56. The summed E-state index contributed by atoms with van der Waals surface area (Å²) in [5.41, 5.74) is 0.826. The van der Waals surface area contributed by atoms with Gasteiger partial charge in [-0.2, -0.15) is 13.2 Å². The van der Waals surface area contributed by atoms with E-state index in [2.05, 4.69) is 4.98 Å². The van der Waals surface area contributed by atoms with Crippen LogP contribution in [0.25, 0.3) is 5.65 Å². The Labute approximate surface area is 100 Å². The van der Waals surface area contributed by atoms with Crippen LogP contribution in [0.15, 0.2) is 12.3 Å². The highest BCUT2D eigenvalue weighted by Crippen LogP contribution is 2.31. The van der Waals surface area contributed by atoms with Gasteiger partial charge in [-0.05, 0) is 30.1 Å². The molecule has 7 heteroatoms. The van der Waals surface area contributed by atoms with Gasteiger partial charge in [0.2, 0.25) is 11.3 Å². The molecule has 0 unspecified atom stereocenters. The third kappa shape index (κ3) is 1.74. The normalized spacial score (nSPS) is 12.4. The molecule has 0 aliphatic rings. The lowest BCUT2D eigenvalue weighted by Gasteiger charge is -2.03. The smallest absolute Gasteiger partial charge is 0.263 e. The van der Waals surface area contributed by atoms with Crippen molar-refractivity contribution >= 4 is 28.8 Å². The van der Waals surface area contributed by atoms with Crippen LogP contribution >= 0.6 is 23.2 Å². The van der Waals surface area contributed by atoms with Crippen LogP contribution in [-0.4, -0.2) is 9.55 Å². The molecule has 0 aromatic carbocycles. The summed E-state index contributed by atoms with van der Waals surface area (Å²) in [6.07, 6.45) is 1.71. The van der Waals surface area contributed by atoms with Crippen LogP contribution in [-0.2, 0) is 12.4 Å². The predicted octanol–water partition coefficient (Wildman–Crippen LogP) is 2.41. The van der Waals surface area contributed by atoms with Crippen LogP contribution in [0.3, 0.4) is 0 Å². The van der Waals surface area contributed by atoms with Crippen molar-refractivity contribution < 1.29 is 13.2 Å². The van der Waals surface area contributed by atoms with Gasteiger partial charge in [0.25, 0.3) is 0 Å². The number of imidazole rings is 1. The van der Waals surface area contributed by atoms with Gasteiger partial charge in [-0.1, -0.05) is 4.98 Å². The van der Waals surface area contributed by atoms with E-state index in [-0.39, 0.29) is 5.28 Å². The second kappa shape index (κ2) is 3.53. The Hall–Kier alpha value is -0.940. The fraction of sp³-hybridized carbons (Fsp3) is 0.333. The molecule has 0 amide bonds. The van der Waals surface area contributed by atoms with Crippen molar-refractivity contribution in [1.29, 1.82) is 0 Å². The predicted molar refractivity (Wildman–Crippen MR) is 55.9 cm³/mol. The van der Waals surface area contributed by atoms with Gasteiger partial charge < -0.3 is 0 Å². The molecule has 16 heavy (non-hydrogen) atoms. The summed E-state index contributed by atoms with van der Waals surface area (Å²) in [6, 6.07) is 1.21. The average Bonchev–Trinajstić information content (AvgIpc) is 2.44. The van der Waals surface area contributed by atoms with E-state index in [0.717, 1.165) is 5.69 Å². The van der Waals surface area contributed by atoms with E-state index in [4.69, 9.17) is 23.2 Å². The largest absolute Gasteiger partial charge is 0.380 e. The van der Waals surface area contributed by atoms with Gasteiger partial charge in [-0.3, -0.25) is 4.57 Å². The molecule has 3 nitrogen and oxygen atoms in total. The van der Waals surface area contributed by atoms with Crippen molar-refractivity contribution in [3.63, 3.8) is 0 Å². The van der Waals surface area contributed by atoms with E-state index in [1.807, 2.05) is 6.92 Å². The summed E-state index contributed by atoms with van der Waals surface area (Å²) < 4.78 is 29.1. The quantitative estimate of drug-likeness (QED) is 0.442. The molecule has 0 aliphatic carbocycles. The third-order valence-electron chi connectivity index (χ3n) is 2.40. The SMILES string of the molecule is Cc1c[n+]2c(Cl)nc(C(F)(F)Cl)cc2n1C. The number of hydrogen-bond donors (Lipinski definition) is 0. The zero-order chi connectivity index (χ0) is 12.1. The Morgan fingerprint density at radius 3 is 2.69 bits per heavy atom. The van der Waals surface area contributed by atoms with Gasteiger partial charge in [0.15, 0.2) is 0 Å². The lowest BCUT2D eigenvalue weighted by Crippen LogP contribution is -2.25. The summed E-state index contributed by atoms with van der Waals surface area (Å²) in [5, 5.41) is -3.56. The Balaban J connectivity index is 2.80. The minimum atomic E-state index is -3.52. The maximum atomic E-state index is 12.9. The summed E-state index contributed by atoms with van der Waals surface area (Å²) in [7, 11) is 1.75. The van der Waals surface area contributed by atoms with Gasteiger partial charge in [0.05, 0.1) is 13.1 Å². The van der Waals surface area contributed by atoms with Crippen molar-refractivity contribution in [3.8, 4) is 0 Å². The lowest BCUT2D eigenvalue weighted by atomic mass is 10.4. The molecule has 0 fully saturated rings. The zero-order valence-electron chi connectivity index (χ0n) is 8.51. The molecule has 0 spiro atoms. The first kappa shape index (κ1) is 11.5. The van der Waals surface area contributed by atoms with Gasteiger partial charge in [-0.15, -0.1) is 0 Å². The average molecular weight is 267 g/mol. The van der Waals surface area contributed by atoms with Crippen molar-refractivity contribution in [2.45, 2.75) is 12.3 Å². The van der Waals surface area contributed by atoms with E-state index in [1.54, 1.807) is 17.8 Å². The van der Waals surface area contributed by atoms with E-state index >= 15 is 0 Å². The van der Waals surface area contributed by atoms with Gasteiger partial charge in [0, 0.05) is 0 Å². The molecule has 0 saturated carbocycles. The molecule has 0 bridgehead atoms. The molecule has 0 N–H and O–H groups in total. The molecular formula is C9H8Cl2F2N3+. The number of nitrogens with zero attached hydrogens (tertiary/aromatic N) is 3. The topological polar surface area (TPSA) is 21.9 Å². The summed E-state index contributed by atoms with van der Waals surface area (Å²) in [5.74, 6) is 0. The molecular weight excluding hydrogens is 259 g/mol. The van der Waals surface area contributed by atoms with Gasteiger partial charge in [0.1, 0.15) is 11.9 Å². The van der Waals surface area contributed by atoms with E-state index in [1.165, 1.54) is 10.5 Å². The Kier molecular flexibility index (Phi) is 2.55. The van der Waals surface area contributed by atoms with Gasteiger partial charge >= 0.3 is 10.7 Å². The van der Waals surface area contributed by atoms with Crippen molar-refractivity contribution in [3.05, 3.63) is 28.9 Å². The number of hydrogen-bond acceptors (Lipinski definition) is 1. The van der Waals surface area contributed by atoms with Crippen LogP contribution in [0.4, 0.5) is 8.78 Å². The molecule has 2 heterocycles. The maximum absolute atomic E-state index is 12.9. The monoisotopic (exact) mass is 266 g/mol. The highest BCUT2D eigenvalue weighted by Gasteiger charge is 2.35. The van der Waals surface area contributed by atoms with Gasteiger partial charge in [-0.25, -0.2) is 0 Å². The summed E-state index contributed by atoms with van der Waals surface area (Å²) >= 11 is 10.7. The van der Waals surface area contributed by atoms with Crippen LogP contribution in [0, 0.1) is 6.92 Å².